The van der Waals surface area contributed by atoms with E-state index in [2.05, 4.69) is 10.3 Å². The molecule has 1 amide bonds. The summed E-state index contributed by atoms with van der Waals surface area (Å²) in [5.41, 5.74) is -0.396. The number of rotatable bonds is 7. The second-order valence-electron chi connectivity index (χ2n) is 5.88. The average molecular weight is 292 g/mol. The number of hydrogen-bond donors (Lipinski definition) is 2. The Balaban J connectivity index is 1.87. The van der Waals surface area contributed by atoms with Gasteiger partial charge in [-0.25, -0.2) is 4.98 Å². The number of ether oxygens (including phenoxy) is 1. The third-order valence-corrected chi connectivity index (χ3v) is 3.82. The van der Waals surface area contributed by atoms with Gasteiger partial charge in [0, 0.05) is 18.8 Å². The largest absolute Gasteiger partial charge is 0.474 e. The molecule has 0 aliphatic heterocycles. The third-order valence-electron chi connectivity index (χ3n) is 3.82. The zero-order valence-electron chi connectivity index (χ0n) is 12.8. The summed E-state index contributed by atoms with van der Waals surface area (Å²) in [6.07, 6.45) is 6.56. The maximum Gasteiger partial charge on any atom is 0.251 e. The van der Waals surface area contributed by atoms with Crippen molar-refractivity contribution in [3.8, 4) is 5.88 Å². The summed E-state index contributed by atoms with van der Waals surface area (Å²) in [7, 11) is 0. The number of hydrogen-bond acceptors (Lipinski definition) is 4. The van der Waals surface area contributed by atoms with Crippen LogP contribution in [0.4, 0.5) is 0 Å². The van der Waals surface area contributed by atoms with Gasteiger partial charge in [0.15, 0.2) is 0 Å². The standard InChI is InChI=1S/C16H24N2O3/c1-3-8-16(2,20)15(19)18-11-12-7-9-17-14(10-12)21-13-5-4-6-13/h7,9-10,13,20H,3-6,8,11H2,1-2H3,(H,18,19). The Labute approximate surface area is 125 Å². The zero-order valence-corrected chi connectivity index (χ0v) is 12.8. The Morgan fingerprint density at radius 1 is 1.57 bits per heavy atom. The Morgan fingerprint density at radius 3 is 2.95 bits per heavy atom. The normalized spacial score (nSPS) is 17.7. The molecule has 0 saturated heterocycles. The van der Waals surface area contributed by atoms with E-state index in [1.807, 2.05) is 19.1 Å². The van der Waals surface area contributed by atoms with Gasteiger partial charge in [-0.15, -0.1) is 0 Å². The Morgan fingerprint density at radius 2 is 2.33 bits per heavy atom. The van der Waals surface area contributed by atoms with E-state index in [1.165, 1.54) is 6.42 Å². The predicted molar refractivity (Wildman–Crippen MR) is 79.9 cm³/mol. The molecule has 0 radical (unpaired) electrons. The van der Waals surface area contributed by atoms with Crippen LogP contribution < -0.4 is 10.1 Å². The molecule has 5 heteroatoms. The number of pyridine rings is 1. The number of carbonyl (C=O) groups excluding carboxylic acids is 1. The van der Waals surface area contributed by atoms with E-state index < -0.39 is 5.60 Å². The molecule has 116 valence electrons. The van der Waals surface area contributed by atoms with Crippen LogP contribution in [0.15, 0.2) is 18.3 Å². The first-order valence-electron chi connectivity index (χ1n) is 7.63. The minimum absolute atomic E-state index is 0.285. The van der Waals surface area contributed by atoms with Gasteiger partial charge >= 0.3 is 0 Å². The van der Waals surface area contributed by atoms with E-state index in [0.717, 1.165) is 24.8 Å². The lowest BCUT2D eigenvalue weighted by Gasteiger charge is -2.25. The fourth-order valence-corrected chi connectivity index (χ4v) is 2.26. The van der Waals surface area contributed by atoms with E-state index in [1.54, 1.807) is 13.1 Å². The molecule has 2 N–H and O–H groups in total. The van der Waals surface area contributed by atoms with Crippen molar-refractivity contribution in [3.63, 3.8) is 0 Å². The van der Waals surface area contributed by atoms with Crippen LogP contribution in [0.25, 0.3) is 0 Å². The highest BCUT2D eigenvalue weighted by Gasteiger charge is 2.28. The van der Waals surface area contributed by atoms with E-state index in [9.17, 15) is 9.90 Å². The molecule has 0 bridgehead atoms. The fraction of sp³-hybridized carbons (Fsp3) is 0.625. The number of aliphatic hydroxyl groups is 1. The molecule has 0 aromatic carbocycles. The summed E-state index contributed by atoms with van der Waals surface area (Å²) < 4.78 is 5.73. The van der Waals surface area contributed by atoms with Crippen molar-refractivity contribution in [2.24, 2.45) is 0 Å². The van der Waals surface area contributed by atoms with Gasteiger partial charge in [-0.2, -0.15) is 0 Å². The minimum atomic E-state index is -1.31. The molecule has 1 saturated carbocycles. The number of nitrogens with zero attached hydrogens (tertiary/aromatic N) is 1. The highest BCUT2D eigenvalue weighted by molar-refractivity contribution is 5.84. The van der Waals surface area contributed by atoms with Gasteiger partial charge in [-0.1, -0.05) is 13.3 Å². The fourth-order valence-electron chi connectivity index (χ4n) is 2.26. The molecule has 1 heterocycles. The summed E-state index contributed by atoms with van der Waals surface area (Å²) in [5.74, 6) is 0.259. The number of nitrogens with one attached hydrogen (secondary N) is 1. The molecule has 0 spiro atoms. The highest BCUT2D eigenvalue weighted by Crippen LogP contribution is 2.24. The zero-order chi connectivity index (χ0) is 15.3. The molecular formula is C16H24N2O3. The topological polar surface area (TPSA) is 71.5 Å². The number of amides is 1. The molecular weight excluding hydrogens is 268 g/mol. The van der Waals surface area contributed by atoms with Crippen LogP contribution >= 0.6 is 0 Å². The van der Waals surface area contributed by atoms with Crippen LogP contribution in [0, 0.1) is 0 Å². The lowest BCUT2D eigenvalue weighted by atomic mass is 9.96. The summed E-state index contributed by atoms with van der Waals surface area (Å²) in [6, 6.07) is 3.68. The molecule has 1 unspecified atom stereocenters. The summed E-state index contributed by atoms with van der Waals surface area (Å²) in [5, 5.41) is 12.8. The highest BCUT2D eigenvalue weighted by atomic mass is 16.5. The van der Waals surface area contributed by atoms with Crippen LogP contribution in [-0.2, 0) is 11.3 Å². The van der Waals surface area contributed by atoms with Crippen molar-refractivity contribution >= 4 is 5.91 Å². The molecule has 1 aliphatic carbocycles. The maximum atomic E-state index is 11.9. The van der Waals surface area contributed by atoms with E-state index in [0.29, 0.717) is 18.8 Å². The van der Waals surface area contributed by atoms with Gasteiger partial charge in [-0.3, -0.25) is 4.79 Å². The predicted octanol–water partition coefficient (Wildman–Crippen LogP) is 2.18. The van der Waals surface area contributed by atoms with Crippen molar-refractivity contribution < 1.29 is 14.6 Å². The first kappa shape index (κ1) is 15.8. The first-order valence-corrected chi connectivity index (χ1v) is 7.63. The second-order valence-corrected chi connectivity index (χ2v) is 5.88. The summed E-state index contributed by atoms with van der Waals surface area (Å²) in [6.45, 7) is 3.85. The SMILES string of the molecule is CCCC(C)(O)C(=O)NCc1ccnc(OC2CCC2)c1. The Hall–Kier alpha value is -1.62. The first-order chi connectivity index (χ1) is 10.0. The van der Waals surface area contributed by atoms with Gasteiger partial charge in [-0.05, 0) is 44.2 Å². The monoisotopic (exact) mass is 292 g/mol. The van der Waals surface area contributed by atoms with Crippen molar-refractivity contribution in [2.75, 3.05) is 0 Å². The molecule has 1 aromatic heterocycles. The van der Waals surface area contributed by atoms with Gasteiger partial charge in [0.05, 0.1) is 0 Å². The Bertz CT molecular complexity index is 484. The third kappa shape index (κ3) is 4.43. The van der Waals surface area contributed by atoms with Crippen LogP contribution in [0.5, 0.6) is 5.88 Å². The summed E-state index contributed by atoms with van der Waals surface area (Å²) >= 11 is 0. The molecule has 1 atom stereocenters. The smallest absolute Gasteiger partial charge is 0.251 e. The molecule has 21 heavy (non-hydrogen) atoms. The number of carbonyl (C=O) groups is 1. The maximum absolute atomic E-state index is 11.9. The quantitative estimate of drug-likeness (QED) is 0.808. The minimum Gasteiger partial charge on any atom is -0.474 e. The second kappa shape index (κ2) is 6.89. The van der Waals surface area contributed by atoms with Crippen LogP contribution in [0.1, 0.15) is 51.5 Å². The molecule has 2 rings (SSSR count). The van der Waals surface area contributed by atoms with Crippen molar-refractivity contribution in [1.29, 1.82) is 0 Å². The molecule has 1 aliphatic rings. The van der Waals surface area contributed by atoms with Crippen molar-refractivity contribution in [3.05, 3.63) is 23.9 Å². The lowest BCUT2D eigenvalue weighted by molar-refractivity contribution is -0.138. The van der Waals surface area contributed by atoms with Crippen LogP contribution in [0.3, 0.4) is 0 Å². The van der Waals surface area contributed by atoms with Gasteiger partial charge in [0.2, 0.25) is 5.88 Å². The summed E-state index contributed by atoms with van der Waals surface area (Å²) in [4.78, 5) is 16.1. The lowest BCUT2D eigenvalue weighted by Crippen LogP contribution is -2.44. The molecule has 1 aromatic rings. The number of aromatic nitrogens is 1. The molecule has 1 fully saturated rings. The van der Waals surface area contributed by atoms with Gasteiger partial charge in [0.25, 0.3) is 5.91 Å². The van der Waals surface area contributed by atoms with Crippen LogP contribution in [-0.4, -0.2) is 27.7 Å². The van der Waals surface area contributed by atoms with Gasteiger partial charge < -0.3 is 15.2 Å². The van der Waals surface area contributed by atoms with E-state index >= 15 is 0 Å². The average Bonchev–Trinajstić information content (AvgIpc) is 2.40. The van der Waals surface area contributed by atoms with Crippen molar-refractivity contribution in [2.45, 2.75) is 64.2 Å². The Kier molecular flexibility index (Phi) is 5.17. The van der Waals surface area contributed by atoms with Crippen LogP contribution in [0.2, 0.25) is 0 Å². The van der Waals surface area contributed by atoms with E-state index in [4.69, 9.17) is 4.74 Å². The van der Waals surface area contributed by atoms with E-state index in [-0.39, 0.29) is 12.0 Å². The molecule has 5 nitrogen and oxygen atoms in total. The van der Waals surface area contributed by atoms with Gasteiger partial charge in [0.1, 0.15) is 11.7 Å². The van der Waals surface area contributed by atoms with Crippen molar-refractivity contribution in [1.82, 2.24) is 10.3 Å².